The highest BCUT2D eigenvalue weighted by molar-refractivity contribution is 6.30. The molecule has 0 aliphatic carbocycles. The van der Waals surface area contributed by atoms with Crippen molar-refractivity contribution in [2.45, 2.75) is 26.4 Å². The molecule has 136 valence electrons. The van der Waals surface area contributed by atoms with Crippen molar-refractivity contribution in [1.82, 2.24) is 15.2 Å². The predicted octanol–water partition coefficient (Wildman–Crippen LogP) is 3.18. The monoisotopic (exact) mass is 373 g/mol. The summed E-state index contributed by atoms with van der Waals surface area (Å²) < 4.78 is 5.05. The van der Waals surface area contributed by atoms with Gasteiger partial charge in [0.15, 0.2) is 0 Å². The Morgan fingerprint density at radius 1 is 1.35 bits per heavy atom. The molecule has 2 amide bonds. The van der Waals surface area contributed by atoms with Crippen molar-refractivity contribution in [1.29, 1.82) is 0 Å². The number of hydrogen-bond acceptors (Lipinski definition) is 4. The van der Waals surface area contributed by atoms with Crippen LogP contribution in [0.25, 0.3) is 0 Å². The summed E-state index contributed by atoms with van der Waals surface area (Å²) in [5.74, 6) is -0.182. The molecule has 2 heterocycles. The fraction of sp³-hybridized carbons (Fsp3) is 0.316. The van der Waals surface area contributed by atoms with Crippen LogP contribution in [-0.4, -0.2) is 35.0 Å². The van der Waals surface area contributed by atoms with Crippen LogP contribution in [0.15, 0.2) is 36.7 Å². The Morgan fingerprint density at radius 3 is 2.96 bits per heavy atom. The van der Waals surface area contributed by atoms with Crippen LogP contribution in [0.1, 0.15) is 34.0 Å². The Morgan fingerprint density at radius 2 is 2.19 bits per heavy atom. The lowest BCUT2D eigenvalue weighted by atomic mass is 9.97. The molecule has 0 saturated heterocycles. The van der Waals surface area contributed by atoms with E-state index in [0.29, 0.717) is 43.2 Å². The highest BCUT2D eigenvalue weighted by atomic mass is 35.5. The molecule has 1 N–H and O–H groups in total. The second-order valence-corrected chi connectivity index (χ2v) is 6.44. The lowest BCUT2D eigenvalue weighted by Crippen LogP contribution is -2.37. The van der Waals surface area contributed by atoms with Crippen molar-refractivity contribution < 1.29 is 14.3 Å². The zero-order valence-electron chi connectivity index (χ0n) is 14.5. The number of nitrogens with one attached hydrogen (secondary N) is 1. The molecule has 26 heavy (non-hydrogen) atoms. The molecule has 0 bridgehead atoms. The first-order chi connectivity index (χ1) is 12.6. The van der Waals surface area contributed by atoms with Gasteiger partial charge in [-0.1, -0.05) is 23.7 Å². The number of nitrogens with zero attached hydrogens (tertiary/aromatic N) is 2. The summed E-state index contributed by atoms with van der Waals surface area (Å²) in [4.78, 5) is 30.3. The average molecular weight is 374 g/mol. The quantitative estimate of drug-likeness (QED) is 0.893. The molecule has 1 aromatic carbocycles. The number of benzene rings is 1. The van der Waals surface area contributed by atoms with Crippen LogP contribution in [0, 0.1) is 0 Å². The maximum atomic E-state index is 12.6. The van der Waals surface area contributed by atoms with E-state index in [2.05, 4.69) is 10.3 Å². The fourth-order valence-corrected chi connectivity index (χ4v) is 3.20. The molecule has 0 unspecified atom stereocenters. The van der Waals surface area contributed by atoms with Gasteiger partial charge in [0, 0.05) is 30.5 Å². The topological polar surface area (TPSA) is 71.5 Å². The van der Waals surface area contributed by atoms with Crippen LogP contribution in [0.5, 0.6) is 0 Å². The Bertz CT molecular complexity index is 825. The predicted molar refractivity (Wildman–Crippen MR) is 98.0 cm³/mol. The van der Waals surface area contributed by atoms with Gasteiger partial charge in [0.25, 0.3) is 5.91 Å². The molecule has 7 heteroatoms. The maximum absolute atomic E-state index is 12.6. The van der Waals surface area contributed by atoms with Crippen molar-refractivity contribution in [2.24, 2.45) is 0 Å². The van der Waals surface area contributed by atoms with E-state index < -0.39 is 0 Å². The summed E-state index contributed by atoms with van der Waals surface area (Å²) in [7, 11) is 0. The molecule has 0 spiro atoms. The van der Waals surface area contributed by atoms with E-state index in [1.165, 1.54) is 0 Å². The highest BCUT2D eigenvalue weighted by Gasteiger charge is 2.25. The van der Waals surface area contributed by atoms with Gasteiger partial charge in [0.1, 0.15) is 0 Å². The van der Waals surface area contributed by atoms with Crippen molar-refractivity contribution in [3.8, 4) is 0 Å². The molecular weight excluding hydrogens is 354 g/mol. The van der Waals surface area contributed by atoms with E-state index in [1.807, 2.05) is 18.2 Å². The van der Waals surface area contributed by atoms with Crippen molar-refractivity contribution in [3.05, 3.63) is 63.9 Å². The lowest BCUT2D eigenvalue weighted by molar-refractivity contribution is 0.0947. The number of pyridine rings is 1. The Labute approximate surface area is 157 Å². The summed E-state index contributed by atoms with van der Waals surface area (Å²) >= 11 is 5.97. The van der Waals surface area contributed by atoms with Crippen molar-refractivity contribution in [2.75, 3.05) is 13.2 Å². The fourth-order valence-electron chi connectivity index (χ4n) is 2.98. The van der Waals surface area contributed by atoms with Crippen molar-refractivity contribution in [3.63, 3.8) is 0 Å². The van der Waals surface area contributed by atoms with Crippen LogP contribution >= 0.6 is 11.6 Å². The van der Waals surface area contributed by atoms with E-state index in [-0.39, 0.29) is 12.0 Å². The third-order valence-corrected chi connectivity index (χ3v) is 4.49. The standard InChI is InChI=1S/C19H20ClN3O3/c1-2-26-19(25)23-7-6-16-14(12-23)10-21-11-17(16)18(24)22-9-13-4-3-5-15(20)8-13/h3-5,8,10-11H,2,6-7,9,12H2,1H3,(H,22,24). The van der Waals surface area contributed by atoms with Crippen LogP contribution in [0.4, 0.5) is 4.79 Å². The van der Waals surface area contributed by atoms with Gasteiger partial charge in [-0.2, -0.15) is 0 Å². The minimum Gasteiger partial charge on any atom is -0.450 e. The molecule has 6 nitrogen and oxygen atoms in total. The van der Waals surface area contributed by atoms with Crippen LogP contribution in [0.2, 0.25) is 5.02 Å². The third kappa shape index (κ3) is 4.14. The molecule has 0 fully saturated rings. The van der Waals surface area contributed by atoms with E-state index in [1.54, 1.807) is 30.3 Å². The van der Waals surface area contributed by atoms with E-state index in [0.717, 1.165) is 16.7 Å². The number of carbonyl (C=O) groups excluding carboxylic acids is 2. The van der Waals surface area contributed by atoms with Gasteiger partial charge < -0.3 is 15.0 Å². The van der Waals surface area contributed by atoms with Crippen molar-refractivity contribution >= 4 is 23.6 Å². The Balaban J connectivity index is 1.71. The Hall–Kier alpha value is -2.60. The molecule has 1 aromatic heterocycles. The summed E-state index contributed by atoms with van der Waals surface area (Å²) in [6.07, 6.45) is 3.53. The highest BCUT2D eigenvalue weighted by Crippen LogP contribution is 2.22. The molecule has 0 atom stereocenters. The summed E-state index contributed by atoms with van der Waals surface area (Å²) in [6.45, 7) is 3.42. The largest absolute Gasteiger partial charge is 0.450 e. The molecule has 0 radical (unpaired) electrons. The number of fused-ring (bicyclic) bond motifs is 1. The second kappa shape index (κ2) is 8.19. The number of carbonyl (C=O) groups is 2. The number of halogens is 1. The summed E-state index contributed by atoms with van der Waals surface area (Å²) in [5, 5.41) is 3.54. The van der Waals surface area contributed by atoms with Gasteiger partial charge >= 0.3 is 6.09 Å². The van der Waals surface area contributed by atoms with Gasteiger partial charge in [-0.15, -0.1) is 0 Å². The average Bonchev–Trinajstić information content (AvgIpc) is 2.65. The first-order valence-corrected chi connectivity index (χ1v) is 8.86. The lowest BCUT2D eigenvalue weighted by Gasteiger charge is -2.28. The second-order valence-electron chi connectivity index (χ2n) is 6.01. The number of ether oxygens (including phenoxy) is 1. The van der Waals surface area contributed by atoms with Crippen LogP contribution in [-0.2, 0) is 24.2 Å². The number of aromatic nitrogens is 1. The van der Waals surface area contributed by atoms with Gasteiger partial charge in [0.05, 0.1) is 18.7 Å². The molecule has 0 saturated carbocycles. The molecular formula is C19H20ClN3O3. The maximum Gasteiger partial charge on any atom is 0.410 e. The van der Waals surface area contributed by atoms with Crippen LogP contribution in [0.3, 0.4) is 0 Å². The number of rotatable bonds is 4. The zero-order chi connectivity index (χ0) is 18.5. The smallest absolute Gasteiger partial charge is 0.410 e. The SMILES string of the molecule is CCOC(=O)N1CCc2c(cncc2C(=O)NCc2cccc(Cl)c2)C1. The molecule has 1 aliphatic rings. The minimum absolute atomic E-state index is 0.182. The first kappa shape index (κ1) is 18.2. The zero-order valence-corrected chi connectivity index (χ0v) is 15.3. The van der Waals surface area contributed by atoms with Gasteiger partial charge in [0.2, 0.25) is 0 Å². The molecule has 3 rings (SSSR count). The minimum atomic E-state index is -0.339. The van der Waals surface area contributed by atoms with Crippen LogP contribution < -0.4 is 5.32 Å². The van der Waals surface area contributed by atoms with Gasteiger partial charge in [-0.25, -0.2) is 4.79 Å². The van der Waals surface area contributed by atoms with E-state index >= 15 is 0 Å². The van der Waals surface area contributed by atoms with Gasteiger partial charge in [-0.05, 0) is 42.2 Å². The van der Waals surface area contributed by atoms with Gasteiger partial charge in [-0.3, -0.25) is 9.78 Å². The normalized spacial score (nSPS) is 13.1. The molecule has 2 aromatic rings. The third-order valence-electron chi connectivity index (χ3n) is 4.25. The summed E-state index contributed by atoms with van der Waals surface area (Å²) in [6, 6.07) is 7.36. The first-order valence-electron chi connectivity index (χ1n) is 8.48. The van der Waals surface area contributed by atoms with E-state index in [9.17, 15) is 9.59 Å². The molecule has 1 aliphatic heterocycles. The summed E-state index contributed by atoms with van der Waals surface area (Å²) in [5.41, 5.74) is 3.29. The Kier molecular flexibility index (Phi) is 5.73. The number of amides is 2. The number of hydrogen-bond donors (Lipinski definition) is 1. The van der Waals surface area contributed by atoms with E-state index in [4.69, 9.17) is 16.3 Å².